The Morgan fingerprint density at radius 3 is 1.92 bits per heavy atom. The molecule has 2 unspecified atom stereocenters. The summed E-state index contributed by atoms with van der Waals surface area (Å²) in [7, 11) is 0. The van der Waals surface area contributed by atoms with Gasteiger partial charge < -0.3 is 24.7 Å². The Morgan fingerprint density at radius 2 is 1.30 bits per heavy atom. The second-order valence-corrected chi connectivity index (χ2v) is 9.75. The Labute approximate surface area is 221 Å². The predicted molar refractivity (Wildman–Crippen MR) is 147 cm³/mol. The van der Waals surface area contributed by atoms with Crippen LogP contribution >= 0.6 is 0 Å². The van der Waals surface area contributed by atoms with Gasteiger partial charge in [-0.1, -0.05) is 91.0 Å². The number of hydrogen-bond donors (Lipinski definition) is 1. The minimum absolute atomic E-state index is 0.0815. The van der Waals surface area contributed by atoms with Gasteiger partial charge in [0.1, 0.15) is 6.10 Å². The van der Waals surface area contributed by atoms with Gasteiger partial charge in [-0.2, -0.15) is 0 Å². The van der Waals surface area contributed by atoms with E-state index in [1.54, 1.807) is 0 Å². The molecule has 0 aromatic heterocycles. The Balaban J connectivity index is 1.49. The highest BCUT2D eigenvalue weighted by Gasteiger charge is 2.42. The molecule has 1 aliphatic heterocycles. The van der Waals surface area contributed by atoms with Gasteiger partial charge >= 0.3 is 0 Å². The van der Waals surface area contributed by atoms with Crippen LogP contribution in [-0.4, -0.2) is 44.7 Å². The first-order valence-corrected chi connectivity index (χ1v) is 13.6. The van der Waals surface area contributed by atoms with Crippen LogP contribution in [0, 0.1) is 5.92 Å². The standard InChI is InChI=1S/C32H41NO4/c33-19-11-4-12-20-34-24-31-32(37-23-28-17-9-3-10-18-28)29(21-26-13-5-1-6-14-26)30(25-36-31)35-22-27-15-7-2-8-16-27/h1-3,5-10,13-18,29-32H,4,11-12,19-25,33H2/t29-,30?,31-,32?/m1/s1. The van der Waals surface area contributed by atoms with E-state index in [0.29, 0.717) is 33.0 Å². The van der Waals surface area contributed by atoms with Gasteiger partial charge in [-0.25, -0.2) is 0 Å². The lowest BCUT2D eigenvalue weighted by Gasteiger charge is -2.42. The van der Waals surface area contributed by atoms with Crippen LogP contribution in [0.15, 0.2) is 91.0 Å². The van der Waals surface area contributed by atoms with Gasteiger partial charge in [0.15, 0.2) is 0 Å². The van der Waals surface area contributed by atoms with Crippen LogP contribution in [0.5, 0.6) is 0 Å². The van der Waals surface area contributed by atoms with Gasteiger partial charge in [-0.15, -0.1) is 0 Å². The van der Waals surface area contributed by atoms with E-state index in [0.717, 1.165) is 43.4 Å². The third-order valence-electron chi connectivity index (χ3n) is 6.92. The maximum absolute atomic E-state index is 6.64. The molecular formula is C32H41NO4. The number of unbranched alkanes of at least 4 members (excludes halogenated alkanes) is 2. The summed E-state index contributed by atoms with van der Waals surface area (Å²) in [5.74, 6) is 0.134. The zero-order valence-corrected chi connectivity index (χ0v) is 21.8. The van der Waals surface area contributed by atoms with Crippen LogP contribution in [0.3, 0.4) is 0 Å². The smallest absolute Gasteiger partial charge is 0.107 e. The maximum atomic E-state index is 6.64. The van der Waals surface area contributed by atoms with Crippen LogP contribution < -0.4 is 5.73 Å². The van der Waals surface area contributed by atoms with Crippen molar-refractivity contribution in [3.63, 3.8) is 0 Å². The Kier molecular flexibility index (Phi) is 11.6. The first kappa shape index (κ1) is 27.5. The van der Waals surface area contributed by atoms with Gasteiger partial charge in [0.25, 0.3) is 0 Å². The topological polar surface area (TPSA) is 62.9 Å². The summed E-state index contributed by atoms with van der Waals surface area (Å²) in [5.41, 5.74) is 9.21. The lowest BCUT2D eigenvalue weighted by atomic mass is 9.84. The fourth-order valence-corrected chi connectivity index (χ4v) is 4.87. The fraction of sp³-hybridized carbons (Fsp3) is 0.438. The van der Waals surface area contributed by atoms with Crippen molar-refractivity contribution in [1.29, 1.82) is 0 Å². The van der Waals surface area contributed by atoms with E-state index in [4.69, 9.17) is 24.7 Å². The highest BCUT2D eigenvalue weighted by molar-refractivity contribution is 5.17. The van der Waals surface area contributed by atoms with Crippen molar-refractivity contribution in [3.8, 4) is 0 Å². The molecule has 5 nitrogen and oxygen atoms in total. The van der Waals surface area contributed by atoms with E-state index in [1.807, 2.05) is 36.4 Å². The third kappa shape index (κ3) is 9.06. The minimum Gasteiger partial charge on any atom is -0.379 e. The molecule has 0 saturated carbocycles. The maximum Gasteiger partial charge on any atom is 0.107 e. The van der Waals surface area contributed by atoms with Gasteiger partial charge in [0, 0.05) is 12.5 Å². The predicted octanol–water partition coefficient (Wildman–Crippen LogP) is 5.56. The Hall–Kier alpha value is -2.54. The van der Waals surface area contributed by atoms with E-state index in [1.165, 1.54) is 5.56 Å². The quantitative estimate of drug-likeness (QED) is 0.275. The summed E-state index contributed by atoms with van der Waals surface area (Å²) in [6, 6.07) is 31.2. The number of rotatable bonds is 15. The van der Waals surface area contributed by atoms with Gasteiger partial charge in [0.05, 0.1) is 38.6 Å². The van der Waals surface area contributed by atoms with E-state index in [9.17, 15) is 0 Å². The molecule has 2 N–H and O–H groups in total. The first-order valence-electron chi connectivity index (χ1n) is 13.6. The largest absolute Gasteiger partial charge is 0.379 e. The molecule has 5 heteroatoms. The van der Waals surface area contributed by atoms with E-state index in [-0.39, 0.29) is 24.2 Å². The summed E-state index contributed by atoms with van der Waals surface area (Å²) in [4.78, 5) is 0. The van der Waals surface area contributed by atoms with Crippen molar-refractivity contribution >= 4 is 0 Å². The van der Waals surface area contributed by atoms with Crippen molar-refractivity contribution in [3.05, 3.63) is 108 Å². The molecular weight excluding hydrogens is 462 g/mol. The van der Waals surface area contributed by atoms with Gasteiger partial charge in [-0.3, -0.25) is 0 Å². The highest BCUT2D eigenvalue weighted by Crippen LogP contribution is 2.31. The van der Waals surface area contributed by atoms with Crippen LogP contribution in [0.4, 0.5) is 0 Å². The fourth-order valence-electron chi connectivity index (χ4n) is 4.87. The normalized spacial score (nSPS) is 21.6. The molecule has 1 aliphatic rings. The molecule has 0 spiro atoms. The van der Waals surface area contributed by atoms with Crippen molar-refractivity contribution < 1.29 is 18.9 Å². The second kappa shape index (κ2) is 15.7. The number of benzene rings is 3. The third-order valence-corrected chi connectivity index (χ3v) is 6.92. The number of ether oxygens (including phenoxy) is 4. The Morgan fingerprint density at radius 1 is 0.703 bits per heavy atom. The molecule has 0 radical (unpaired) electrons. The Bertz CT molecular complexity index is 985. The van der Waals surface area contributed by atoms with Crippen molar-refractivity contribution in [2.24, 2.45) is 11.7 Å². The lowest BCUT2D eigenvalue weighted by molar-refractivity contribution is -0.210. The molecule has 1 saturated heterocycles. The van der Waals surface area contributed by atoms with Crippen LogP contribution in [0.2, 0.25) is 0 Å². The molecule has 0 aliphatic carbocycles. The van der Waals surface area contributed by atoms with E-state index < -0.39 is 0 Å². The molecule has 0 amide bonds. The number of nitrogens with two attached hydrogens (primary N) is 1. The highest BCUT2D eigenvalue weighted by atomic mass is 16.6. The van der Waals surface area contributed by atoms with Crippen LogP contribution in [0.1, 0.15) is 36.0 Å². The molecule has 0 bridgehead atoms. The molecule has 198 valence electrons. The molecule has 37 heavy (non-hydrogen) atoms. The van der Waals surface area contributed by atoms with E-state index >= 15 is 0 Å². The summed E-state index contributed by atoms with van der Waals surface area (Å²) in [5, 5.41) is 0. The van der Waals surface area contributed by atoms with Crippen molar-refractivity contribution in [2.45, 2.75) is 57.2 Å². The molecule has 3 aromatic carbocycles. The SMILES string of the molecule is NCCCCCOC[C@H]1OCC(OCc2ccccc2)[C@@H](Cc2ccccc2)C1OCc1ccccc1. The summed E-state index contributed by atoms with van der Waals surface area (Å²) in [6.45, 7) is 3.55. The molecule has 4 rings (SSSR count). The van der Waals surface area contributed by atoms with Gasteiger partial charge in [0.2, 0.25) is 0 Å². The van der Waals surface area contributed by atoms with Crippen LogP contribution in [0.25, 0.3) is 0 Å². The molecule has 1 fully saturated rings. The van der Waals surface area contributed by atoms with Crippen LogP contribution in [-0.2, 0) is 38.6 Å². The zero-order valence-electron chi connectivity index (χ0n) is 21.8. The zero-order chi connectivity index (χ0) is 25.5. The first-order chi connectivity index (χ1) is 18.3. The second-order valence-electron chi connectivity index (χ2n) is 9.75. The van der Waals surface area contributed by atoms with E-state index in [2.05, 4.69) is 54.6 Å². The van der Waals surface area contributed by atoms with Gasteiger partial charge in [-0.05, 0) is 48.9 Å². The molecule has 1 heterocycles. The number of hydrogen-bond acceptors (Lipinski definition) is 5. The average Bonchev–Trinajstić information content (AvgIpc) is 2.95. The minimum atomic E-state index is -0.154. The lowest BCUT2D eigenvalue weighted by Crippen LogP contribution is -2.53. The monoisotopic (exact) mass is 503 g/mol. The summed E-state index contributed by atoms with van der Waals surface area (Å²) < 4.78 is 25.6. The molecule has 4 atom stereocenters. The van der Waals surface area contributed by atoms with Crippen molar-refractivity contribution in [1.82, 2.24) is 0 Å². The average molecular weight is 504 g/mol. The summed E-state index contributed by atoms with van der Waals surface area (Å²) >= 11 is 0. The molecule has 3 aromatic rings. The van der Waals surface area contributed by atoms with Crippen molar-refractivity contribution in [2.75, 3.05) is 26.4 Å². The summed E-state index contributed by atoms with van der Waals surface area (Å²) in [6.07, 6.45) is 3.60.